The predicted octanol–water partition coefficient (Wildman–Crippen LogP) is 1.64. The maximum absolute atomic E-state index is 11.5. The summed E-state index contributed by atoms with van der Waals surface area (Å²) in [5.41, 5.74) is 2.39. The Morgan fingerprint density at radius 2 is 1.94 bits per heavy atom. The topological polar surface area (TPSA) is 57.6 Å². The predicted molar refractivity (Wildman–Crippen MR) is 69.3 cm³/mol. The number of rotatable bonds is 5. The van der Waals surface area contributed by atoms with Crippen LogP contribution < -0.4 is 0 Å². The lowest BCUT2D eigenvalue weighted by Gasteiger charge is -2.15. The zero-order chi connectivity index (χ0) is 13.5. The highest BCUT2D eigenvalue weighted by Crippen LogP contribution is 2.08. The quantitative estimate of drug-likeness (QED) is 0.805. The van der Waals surface area contributed by atoms with Gasteiger partial charge < -0.3 is 10.0 Å². The van der Waals surface area contributed by atoms with Crippen LogP contribution in [-0.4, -0.2) is 35.5 Å². The van der Waals surface area contributed by atoms with Gasteiger partial charge in [-0.2, -0.15) is 0 Å². The van der Waals surface area contributed by atoms with E-state index in [0.717, 1.165) is 18.6 Å². The van der Waals surface area contributed by atoms with Crippen LogP contribution in [-0.2, 0) is 16.0 Å². The molecule has 0 heterocycles. The Morgan fingerprint density at radius 1 is 1.28 bits per heavy atom. The van der Waals surface area contributed by atoms with Crippen LogP contribution in [0.5, 0.6) is 0 Å². The molecule has 0 aliphatic rings. The summed E-state index contributed by atoms with van der Waals surface area (Å²) in [6, 6.07) is 8.00. The fraction of sp³-hybridized carbons (Fsp3) is 0.286. The molecule has 4 nitrogen and oxygen atoms in total. The van der Waals surface area contributed by atoms with Gasteiger partial charge in [0.1, 0.15) is 0 Å². The highest BCUT2D eigenvalue weighted by molar-refractivity contribution is 5.93. The lowest BCUT2D eigenvalue weighted by molar-refractivity contribution is -0.132. The second kappa shape index (κ2) is 6.59. The fourth-order valence-corrected chi connectivity index (χ4v) is 1.56. The summed E-state index contributed by atoms with van der Waals surface area (Å²) in [6.45, 7) is 2.59. The molecule has 0 spiro atoms. The third kappa shape index (κ3) is 4.41. The number of carbonyl (C=O) groups is 2. The molecule has 0 atom stereocenters. The number of hydrogen-bond acceptors (Lipinski definition) is 2. The third-order valence-corrected chi connectivity index (χ3v) is 2.72. The second-order valence-electron chi connectivity index (χ2n) is 4.11. The van der Waals surface area contributed by atoms with Gasteiger partial charge >= 0.3 is 5.97 Å². The summed E-state index contributed by atoms with van der Waals surface area (Å²) in [4.78, 5) is 23.3. The molecule has 96 valence electrons. The summed E-state index contributed by atoms with van der Waals surface area (Å²) in [7, 11) is 1.66. The minimum Gasteiger partial charge on any atom is -0.478 e. The van der Waals surface area contributed by atoms with Crippen LogP contribution in [0.25, 0.3) is 0 Å². The van der Waals surface area contributed by atoms with Crippen LogP contribution in [0.4, 0.5) is 0 Å². The average molecular weight is 247 g/mol. The average Bonchev–Trinajstić information content (AvgIpc) is 2.34. The Labute approximate surface area is 107 Å². The molecule has 1 rings (SSSR count). The molecule has 0 aromatic heterocycles. The van der Waals surface area contributed by atoms with Crippen molar-refractivity contribution in [3.05, 3.63) is 47.5 Å². The molecule has 1 aromatic rings. The molecule has 1 N–H and O–H groups in total. The molecule has 0 unspecified atom stereocenters. The van der Waals surface area contributed by atoms with E-state index < -0.39 is 5.97 Å². The third-order valence-electron chi connectivity index (χ3n) is 2.72. The smallest absolute Gasteiger partial charge is 0.328 e. The van der Waals surface area contributed by atoms with Gasteiger partial charge in [0.25, 0.3) is 0 Å². The maximum atomic E-state index is 11.5. The van der Waals surface area contributed by atoms with Crippen LogP contribution in [0.3, 0.4) is 0 Å². The number of carboxylic acid groups (broad SMARTS) is 1. The number of carbonyl (C=O) groups excluding carboxylic acids is 1. The van der Waals surface area contributed by atoms with E-state index in [4.69, 9.17) is 5.11 Å². The van der Waals surface area contributed by atoms with E-state index in [1.54, 1.807) is 7.05 Å². The van der Waals surface area contributed by atoms with E-state index in [1.165, 1.54) is 16.0 Å². The molecular formula is C14H17NO3. The number of likely N-dealkylation sites (N-methyl/N-ethyl adjacent to an activating group) is 1. The van der Waals surface area contributed by atoms with E-state index in [2.05, 4.69) is 0 Å². The van der Waals surface area contributed by atoms with Crippen LogP contribution >= 0.6 is 0 Å². The minimum absolute atomic E-state index is 0.300. The van der Waals surface area contributed by atoms with Gasteiger partial charge in [0, 0.05) is 25.7 Å². The number of benzene rings is 1. The van der Waals surface area contributed by atoms with Gasteiger partial charge in [-0.15, -0.1) is 0 Å². The SMILES string of the molecule is Cc1ccccc1CCN(C)C(=O)/C=C/C(=O)O. The summed E-state index contributed by atoms with van der Waals surface area (Å²) < 4.78 is 0. The van der Waals surface area contributed by atoms with Gasteiger partial charge in [0.15, 0.2) is 0 Å². The summed E-state index contributed by atoms with van der Waals surface area (Å²) >= 11 is 0. The van der Waals surface area contributed by atoms with Gasteiger partial charge in [0.2, 0.25) is 5.91 Å². The van der Waals surface area contributed by atoms with Gasteiger partial charge in [-0.05, 0) is 24.5 Å². The molecule has 0 saturated heterocycles. The highest BCUT2D eigenvalue weighted by atomic mass is 16.4. The van der Waals surface area contributed by atoms with Crippen molar-refractivity contribution in [3.8, 4) is 0 Å². The summed E-state index contributed by atoms with van der Waals surface area (Å²) in [5.74, 6) is -1.42. The normalized spacial score (nSPS) is 10.6. The zero-order valence-corrected chi connectivity index (χ0v) is 10.6. The zero-order valence-electron chi connectivity index (χ0n) is 10.6. The second-order valence-corrected chi connectivity index (χ2v) is 4.11. The largest absolute Gasteiger partial charge is 0.478 e. The standard InChI is InChI=1S/C14H17NO3/c1-11-5-3-4-6-12(11)9-10-15(2)13(16)7-8-14(17)18/h3-8H,9-10H2,1-2H3,(H,17,18)/b8-7+. The number of carboxylic acids is 1. The molecule has 0 aliphatic heterocycles. The number of amides is 1. The van der Waals surface area contributed by atoms with E-state index in [1.807, 2.05) is 31.2 Å². The molecule has 0 bridgehead atoms. The van der Waals surface area contributed by atoms with Crippen molar-refractivity contribution < 1.29 is 14.7 Å². The molecular weight excluding hydrogens is 230 g/mol. The van der Waals surface area contributed by atoms with Crippen molar-refractivity contribution in [2.75, 3.05) is 13.6 Å². The van der Waals surface area contributed by atoms with Crippen LogP contribution in [0, 0.1) is 6.92 Å². The first-order chi connectivity index (χ1) is 8.50. The molecule has 0 saturated carbocycles. The van der Waals surface area contributed by atoms with E-state index in [-0.39, 0.29) is 5.91 Å². The molecule has 0 fully saturated rings. The fourth-order valence-electron chi connectivity index (χ4n) is 1.56. The summed E-state index contributed by atoms with van der Waals surface area (Å²) in [6.07, 6.45) is 2.68. The van der Waals surface area contributed by atoms with Crippen molar-refractivity contribution in [1.82, 2.24) is 4.90 Å². The van der Waals surface area contributed by atoms with Crippen molar-refractivity contribution in [3.63, 3.8) is 0 Å². The Bertz CT molecular complexity index is 466. The van der Waals surface area contributed by atoms with Crippen molar-refractivity contribution >= 4 is 11.9 Å². The van der Waals surface area contributed by atoms with Gasteiger partial charge in [-0.25, -0.2) is 4.79 Å². The number of aryl methyl sites for hydroxylation is 1. The molecule has 1 aromatic carbocycles. The van der Waals surface area contributed by atoms with E-state index in [0.29, 0.717) is 6.54 Å². The van der Waals surface area contributed by atoms with Crippen molar-refractivity contribution in [1.29, 1.82) is 0 Å². The monoisotopic (exact) mass is 247 g/mol. The molecule has 18 heavy (non-hydrogen) atoms. The Balaban J connectivity index is 2.51. The van der Waals surface area contributed by atoms with Crippen LogP contribution in [0.15, 0.2) is 36.4 Å². The van der Waals surface area contributed by atoms with Crippen LogP contribution in [0.1, 0.15) is 11.1 Å². The number of nitrogens with zero attached hydrogens (tertiary/aromatic N) is 1. The molecule has 1 amide bonds. The van der Waals surface area contributed by atoms with Gasteiger partial charge in [-0.1, -0.05) is 24.3 Å². The molecule has 4 heteroatoms. The van der Waals surface area contributed by atoms with Crippen LogP contribution in [0.2, 0.25) is 0 Å². The Morgan fingerprint density at radius 3 is 2.56 bits per heavy atom. The maximum Gasteiger partial charge on any atom is 0.328 e. The Kier molecular flexibility index (Phi) is 5.11. The first-order valence-electron chi connectivity index (χ1n) is 5.71. The lowest BCUT2D eigenvalue weighted by Crippen LogP contribution is -2.27. The Hall–Kier alpha value is -2.10. The first-order valence-corrected chi connectivity index (χ1v) is 5.71. The van der Waals surface area contributed by atoms with Crippen molar-refractivity contribution in [2.45, 2.75) is 13.3 Å². The van der Waals surface area contributed by atoms with Crippen molar-refractivity contribution in [2.24, 2.45) is 0 Å². The summed E-state index contributed by atoms with van der Waals surface area (Å²) in [5, 5.41) is 8.43. The van der Waals surface area contributed by atoms with E-state index in [9.17, 15) is 9.59 Å². The number of aliphatic carboxylic acids is 1. The highest BCUT2D eigenvalue weighted by Gasteiger charge is 2.06. The molecule has 0 radical (unpaired) electrons. The van der Waals surface area contributed by atoms with Gasteiger partial charge in [0.05, 0.1) is 0 Å². The molecule has 0 aliphatic carbocycles. The van der Waals surface area contributed by atoms with E-state index >= 15 is 0 Å². The first kappa shape index (κ1) is 14.0. The lowest BCUT2D eigenvalue weighted by atomic mass is 10.1. The van der Waals surface area contributed by atoms with Gasteiger partial charge in [-0.3, -0.25) is 4.79 Å². The minimum atomic E-state index is -1.12. The number of hydrogen-bond donors (Lipinski definition) is 1.